The smallest absolute Gasteiger partial charge is 0.308 e. The molecule has 0 aromatic rings. The quantitative estimate of drug-likeness (QED) is 0.292. The van der Waals surface area contributed by atoms with Crippen LogP contribution in [-0.4, -0.2) is 30.3 Å². The van der Waals surface area contributed by atoms with Crippen molar-refractivity contribution in [3.05, 3.63) is 4.91 Å². The van der Waals surface area contributed by atoms with E-state index in [4.69, 9.17) is 0 Å². The van der Waals surface area contributed by atoms with Crippen molar-refractivity contribution in [2.24, 2.45) is 21.9 Å². The maximum Gasteiger partial charge on any atom is 0.308 e. The van der Waals surface area contributed by atoms with Crippen LogP contribution in [0.25, 0.3) is 0 Å². The molecule has 0 saturated heterocycles. The van der Waals surface area contributed by atoms with Gasteiger partial charge in [-0.15, -0.1) is 4.91 Å². The predicted molar refractivity (Wildman–Crippen MR) is 121 cm³/mol. The maximum absolute atomic E-state index is 12.1. The molecule has 0 rings (SSSR count). The van der Waals surface area contributed by atoms with E-state index in [1.165, 1.54) is 13.3 Å². The highest BCUT2D eigenvalue weighted by Crippen LogP contribution is 2.38. The molecule has 0 radical (unpaired) electrons. The van der Waals surface area contributed by atoms with Gasteiger partial charge in [0.15, 0.2) is 0 Å². The van der Waals surface area contributed by atoms with Crippen LogP contribution in [0.4, 0.5) is 0 Å². The molecule has 0 aliphatic rings. The molecule has 0 saturated carbocycles. The van der Waals surface area contributed by atoms with Crippen molar-refractivity contribution >= 4 is 17.7 Å². The zero-order valence-electron chi connectivity index (χ0n) is 20.1. The summed E-state index contributed by atoms with van der Waals surface area (Å²) in [5.41, 5.74) is 0.560. The Hall–Kier alpha value is -1.79. The Bertz CT molecular complexity index is 571. The summed E-state index contributed by atoms with van der Waals surface area (Å²) < 4.78 is 0. The lowest BCUT2D eigenvalue weighted by molar-refractivity contribution is -0.126. The van der Waals surface area contributed by atoms with Crippen molar-refractivity contribution in [3.8, 4) is 0 Å². The first-order valence-corrected chi connectivity index (χ1v) is 11.2. The van der Waals surface area contributed by atoms with Crippen molar-refractivity contribution in [2.45, 2.75) is 106 Å². The summed E-state index contributed by atoms with van der Waals surface area (Å²) in [4.78, 5) is 44.9. The molecular weight excluding hydrogens is 382 g/mol. The number of rotatable bonds is 15. The van der Waals surface area contributed by atoms with Crippen molar-refractivity contribution in [1.29, 1.82) is 0 Å². The summed E-state index contributed by atoms with van der Waals surface area (Å²) in [7, 11) is 0. The SMILES string of the molecule is CC(=O)NC(CCCCNC(=O)CCCC(C)(C)CCC(C)(C)C(C)C)C(=O)N=O. The molecule has 0 heterocycles. The van der Waals surface area contributed by atoms with Crippen LogP contribution in [0.5, 0.6) is 0 Å². The summed E-state index contributed by atoms with van der Waals surface area (Å²) in [6.07, 6.45) is 6.35. The molecule has 1 unspecified atom stereocenters. The second kappa shape index (κ2) is 13.5. The largest absolute Gasteiger partial charge is 0.356 e. The number of hydrogen-bond donors (Lipinski definition) is 2. The number of carbonyl (C=O) groups excluding carboxylic acids is 3. The van der Waals surface area contributed by atoms with Gasteiger partial charge in [0.2, 0.25) is 11.8 Å². The van der Waals surface area contributed by atoms with Crippen LogP contribution >= 0.6 is 0 Å². The zero-order chi connectivity index (χ0) is 23.4. The third-order valence-corrected chi connectivity index (χ3v) is 6.27. The number of unbranched alkanes of at least 4 members (excludes halogenated alkanes) is 1. The Morgan fingerprint density at radius 2 is 1.57 bits per heavy atom. The molecular formula is C23H43N3O4. The minimum atomic E-state index is -0.876. The lowest BCUT2D eigenvalue weighted by Crippen LogP contribution is -2.38. The third kappa shape index (κ3) is 12.7. The van der Waals surface area contributed by atoms with Crippen molar-refractivity contribution in [1.82, 2.24) is 10.6 Å². The van der Waals surface area contributed by atoms with E-state index in [1.54, 1.807) is 0 Å². The van der Waals surface area contributed by atoms with Gasteiger partial charge in [0.25, 0.3) is 0 Å². The second-order valence-corrected chi connectivity index (χ2v) is 10.2. The van der Waals surface area contributed by atoms with Gasteiger partial charge in [-0.2, -0.15) is 0 Å². The minimum absolute atomic E-state index is 0.0392. The summed E-state index contributed by atoms with van der Waals surface area (Å²) in [6.45, 7) is 15.6. The molecule has 30 heavy (non-hydrogen) atoms. The van der Waals surface area contributed by atoms with Gasteiger partial charge in [-0.25, -0.2) is 0 Å². The Morgan fingerprint density at radius 3 is 2.10 bits per heavy atom. The van der Waals surface area contributed by atoms with Crippen LogP contribution in [-0.2, 0) is 14.4 Å². The monoisotopic (exact) mass is 425 g/mol. The molecule has 0 spiro atoms. The van der Waals surface area contributed by atoms with E-state index in [-0.39, 0.29) is 17.2 Å². The number of nitrogens with zero attached hydrogens (tertiary/aromatic N) is 1. The molecule has 0 aromatic heterocycles. The van der Waals surface area contributed by atoms with Gasteiger partial charge in [0.05, 0.1) is 0 Å². The van der Waals surface area contributed by atoms with Crippen molar-refractivity contribution in [2.75, 3.05) is 6.54 Å². The molecule has 3 amide bonds. The first-order chi connectivity index (χ1) is 13.8. The molecule has 7 heteroatoms. The van der Waals surface area contributed by atoms with E-state index < -0.39 is 11.9 Å². The summed E-state index contributed by atoms with van der Waals surface area (Å²) >= 11 is 0. The highest BCUT2D eigenvalue weighted by molar-refractivity contribution is 5.87. The van der Waals surface area contributed by atoms with Crippen LogP contribution in [0.15, 0.2) is 5.18 Å². The lowest BCUT2D eigenvalue weighted by atomic mass is 9.72. The van der Waals surface area contributed by atoms with E-state index in [9.17, 15) is 19.3 Å². The molecule has 7 nitrogen and oxygen atoms in total. The Balaban J connectivity index is 4.05. The molecule has 174 valence electrons. The highest BCUT2D eigenvalue weighted by Gasteiger charge is 2.26. The van der Waals surface area contributed by atoms with E-state index >= 15 is 0 Å². The van der Waals surface area contributed by atoms with Crippen LogP contribution in [0.2, 0.25) is 0 Å². The average molecular weight is 426 g/mol. The Labute approximate surface area is 182 Å². The third-order valence-electron chi connectivity index (χ3n) is 6.27. The summed E-state index contributed by atoms with van der Waals surface area (Å²) in [6, 6.07) is -0.876. The number of carbonyl (C=O) groups is 3. The van der Waals surface area contributed by atoms with Gasteiger partial charge in [0, 0.05) is 25.1 Å². The van der Waals surface area contributed by atoms with Gasteiger partial charge < -0.3 is 10.6 Å². The van der Waals surface area contributed by atoms with Gasteiger partial charge in [0.1, 0.15) is 6.04 Å². The fourth-order valence-electron chi connectivity index (χ4n) is 3.16. The molecule has 0 aliphatic heterocycles. The molecule has 0 aliphatic carbocycles. The van der Waals surface area contributed by atoms with Crippen LogP contribution in [0.1, 0.15) is 99.8 Å². The first-order valence-electron chi connectivity index (χ1n) is 11.2. The molecule has 0 bridgehead atoms. The van der Waals surface area contributed by atoms with Crippen LogP contribution in [0, 0.1) is 21.7 Å². The Kier molecular flexibility index (Phi) is 12.7. The lowest BCUT2D eigenvalue weighted by Gasteiger charge is -2.34. The summed E-state index contributed by atoms with van der Waals surface area (Å²) in [5.74, 6) is -0.549. The maximum atomic E-state index is 12.1. The molecule has 0 fully saturated rings. The number of nitrogens with one attached hydrogen (secondary N) is 2. The number of amides is 3. The molecule has 2 N–H and O–H groups in total. The predicted octanol–water partition coefficient (Wildman–Crippen LogP) is 4.73. The van der Waals surface area contributed by atoms with Crippen LogP contribution in [0.3, 0.4) is 0 Å². The topological polar surface area (TPSA) is 105 Å². The van der Waals surface area contributed by atoms with Gasteiger partial charge in [-0.3, -0.25) is 14.4 Å². The normalized spacial score (nSPS) is 13.1. The van der Waals surface area contributed by atoms with Gasteiger partial charge in [-0.05, 0) is 61.7 Å². The fourth-order valence-corrected chi connectivity index (χ4v) is 3.16. The van der Waals surface area contributed by atoms with Crippen LogP contribution < -0.4 is 10.6 Å². The van der Waals surface area contributed by atoms with E-state index in [2.05, 4.69) is 57.4 Å². The van der Waals surface area contributed by atoms with Crippen molar-refractivity contribution in [3.63, 3.8) is 0 Å². The fraction of sp³-hybridized carbons (Fsp3) is 0.870. The first kappa shape index (κ1) is 28.2. The molecule has 1 atom stereocenters. The van der Waals surface area contributed by atoms with E-state index in [1.807, 2.05) is 0 Å². The zero-order valence-corrected chi connectivity index (χ0v) is 20.1. The van der Waals surface area contributed by atoms with E-state index in [0.29, 0.717) is 43.6 Å². The molecule has 0 aromatic carbocycles. The van der Waals surface area contributed by atoms with Gasteiger partial charge >= 0.3 is 5.91 Å². The van der Waals surface area contributed by atoms with Crippen molar-refractivity contribution < 1.29 is 14.4 Å². The minimum Gasteiger partial charge on any atom is -0.356 e. The van der Waals surface area contributed by atoms with Gasteiger partial charge in [-0.1, -0.05) is 41.5 Å². The second-order valence-electron chi connectivity index (χ2n) is 10.2. The number of nitroso groups, excluding NO2 is 1. The number of hydrogen-bond acceptors (Lipinski definition) is 4. The average Bonchev–Trinajstić information content (AvgIpc) is 2.64. The standard InChI is InChI=1S/C23H43N3O4/c1-17(2)23(6,7)15-14-22(4,5)13-10-12-20(28)24-16-9-8-11-19(21(29)26-30)25-18(3)27/h17,19H,8-16H2,1-7H3,(H,24,28)(H,25,27). The summed E-state index contributed by atoms with van der Waals surface area (Å²) in [5, 5.41) is 7.71. The Morgan fingerprint density at radius 1 is 0.933 bits per heavy atom. The highest BCUT2D eigenvalue weighted by atomic mass is 16.3. The van der Waals surface area contributed by atoms with E-state index in [0.717, 1.165) is 19.3 Å².